The van der Waals surface area contributed by atoms with Crippen LogP contribution < -0.4 is 17.1 Å². The highest BCUT2D eigenvalue weighted by molar-refractivity contribution is 6.29. The summed E-state index contributed by atoms with van der Waals surface area (Å²) >= 11 is 5.48. The van der Waals surface area contributed by atoms with E-state index in [4.69, 9.17) is 17.4 Å². The average Bonchev–Trinajstić information content (AvgIpc) is 2.35. The molecule has 2 heterocycles. The minimum absolute atomic E-state index is 0.0122. The first-order valence-electron chi connectivity index (χ1n) is 4.93. The first-order chi connectivity index (χ1) is 9.21. The Hall–Kier alpha value is -2.36. The molecule has 2 aromatic heterocycles. The zero-order chi connectivity index (χ0) is 15.1. The lowest BCUT2D eigenvalue weighted by Gasteiger charge is -2.12. The van der Waals surface area contributed by atoms with Gasteiger partial charge in [0.15, 0.2) is 16.7 Å². The average molecular weight is 308 g/mol. The Kier molecular flexibility index (Phi) is 3.26. The summed E-state index contributed by atoms with van der Waals surface area (Å²) in [6, 6.07) is 2.55. The Balaban J connectivity index is 2.75. The first kappa shape index (κ1) is 14.1. The van der Waals surface area contributed by atoms with Crippen molar-refractivity contribution in [3.05, 3.63) is 49.9 Å². The molecule has 106 valence electrons. The summed E-state index contributed by atoms with van der Waals surface area (Å²) in [4.78, 5) is 23.4. The van der Waals surface area contributed by atoms with Crippen LogP contribution in [0.1, 0.15) is 5.69 Å². The van der Waals surface area contributed by atoms with Crippen LogP contribution in [-0.4, -0.2) is 19.4 Å². The molecule has 0 unspecified atom stereocenters. The largest absolute Gasteiger partial charge is 0.433 e. The van der Waals surface area contributed by atoms with Crippen LogP contribution in [0.4, 0.5) is 13.2 Å². The second kappa shape index (κ2) is 4.63. The van der Waals surface area contributed by atoms with Gasteiger partial charge in [0.25, 0.3) is 5.56 Å². The summed E-state index contributed by atoms with van der Waals surface area (Å²) in [5.74, 6) is 4.76. The van der Waals surface area contributed by atoms with Crippen molar-refractivity contribution < 1.29 is 13.2 Å². The molecule has 0 saturated carbocycles. The van der Waals surface area contributed by atoms with Crippen LogP contribution in [0.2, 0.25) is 5.15 Å². The fraction of sp³-hybridized carbons (Fsp3) is 0.111. The molecule has 0 fully saturated rings. The van der Waals surface area contributed by atoms with E-state index in [1.165, 1.54) is 6.07 Å². The van der Waals surface area contributed by atoms with E-state index in [0.717, 1.165) is 6.07 Å². The van der Waals surface area contributed by atoms with E-state index < -0.39 is 23.1 Å². The number of rotatable bonds is 1. The number of aromatic nitrogens is 4. The maximum atomic E-state index is 12.6. The smallest absolute Gasteiger partial charge is 0.335 e. The van der Waals surface area contributed by atoms with Crippen LogP contribution in [0.3, 0.4) is 0 Å². The van der Waals surface area contributed by atoms with Crippen molar-refractivity contribution >= 4 is 11.6 Å². The molecule has 0 bridgehead atoms. The van der Waals surface area contributed by atoms with Gasteiger partial charge in [0, 0.05) is 6.07 Å². The third-order valence-corrected chi connectivity index (χ3v) is 2.48. The molecule has 11 heteroatoms. The van der Waals surface area contributed by atoms with Gasteiger partial charge < -0.3 is 5.84 Å². The topological polar surface area (TPSA) is 95.8 Å². The second-order valence-corrected chi connectivity index (χ2v) is 3.96. The van der Waals surface area contributed by atoms with Gasteiger partial charge in [0.2, 0.25) is 0 Å². The Labute approximate surface area is 113 Å². The fourth-order valence-corrected chi connectivity index (χ4v) is 1.51. The van der Waals surface area contributed by atoms with Gasteiger partial charge in [-0.2, -0.15) is 13.2 Å². The predicted octanol–water partition coefficient (Wildman–Crippen LogP) is 0.175. The second-order valence-electron chi connectivity index (χ2n) is 3.57. The van der Waals surface area contributed by atoms with Crippen molar-refractivity contribution in [1.82, 2.24) is 19.4 Å². The van der Waals surface area contributed by atoms with E-state index in [1.807, 2.05) is 0 Å². The number of nitrogen functional groups attached to an aromatic ring is 1. The summed E-state index contributed by atoms with van der Waals surface area (Å²) in [5, 5.41) is 6.80. The van der Waals surface area contributed by atoms with Gasteiger partial charge in [-0.25, -0.2) is 14.0 Å². The zero-order valence-corrected chi connectivity index (χ0v) is 10.2. The lowest BCUT2D eigenvalue weighted by Crippen LogP contribution is -2.45. The molecule has 2 N–H and O–H groups in total. The Morgan fingerprint density at radius 1 is 1.20 bits per heavy atom. The molecule has 0 atom stereocenters. The molecule has 7 nitrogen and oxygen atoms in total. The molecule has 0 radical (unpaired) electrons. The molecule has 0 spiro atoms. The minimum Gasteiger partial charge on any atom is -0.335 e. The fourth-order valence-electron chi connectivity index (χ4n) is 1.41. The summed E-state index contributed by atoms with van der Waals surface area (Å²) in [7, 11) is 0. The van der Waals surface area contributed by atoms with Gasteiger partial charge in [-0.05, 0) is 12.1 Å². The summed E-state index contributed by atoms with van der Waals surface area (Å²) in [5.41, 5.74) is -4.20. The number of hydrogen-bond donors (Lipinski definition) is 1. The van der Waals surface area contributed by atoms with E-state index in [-0.39, 0.29) is 21.7 Å². The maximum Gasteiger partial charge on any atom is 0.433 e. The molecule has 0 aliphatic carbocycles. The lowest BCUT2D eigenvalue weighted by molar-refractivity contribution is -0.143. The maximum absolute atomic E-state index is 12.6. The van der Waals surface area contributed by atoms with Gasteiger partial charge >= 0.3 is 11.9 Å². The van der Waals surface area contributed by atoms with E-state index >= 15 is 0 Å². The molecule has 2 aromatic rings. The molecular weight excluding hydrogens is 303 g/mol. The van der Waals surface area contributed by atoms with Crippen molar-refractivity contribution in [2.24, 2.45) is 0 Å². The molecule has 0 aliphatic heterocycles. The van der Waals surface area contributed by atoms with E-state index in [9.17, 15) is 22.8 Å². The third-order valence-electron chi connectivity index (χ3n) is 2.27. The van der Waals surface area contributed by atoms with Crippen LogP contribution in [0.5, 0.6) is 0 Å². The van der Waals surface area contributed by atoms with Crippen LogP contribution in [-0.2, 0) is 6.18 Å². The van der Waals surface area contributed by atoms with Crippen molar-refractivity contribution in [3.63, 3.8) is 0 Å². The van der Waals surface area contributed by atoms with Gasteiger partial charge in [-0.3, -0.25) is 4.79 Å². The van der Waals surface area contributed by atoms with Crippen LogP contribution in [0, 0.1) is 0 Å². The Morgan fingerprint density at radius 2 is 1.85 bits per heavy atom. The highest BCUT2D eigenvalue weighted by atomic mass is 35.5. The van der Waals surface area contributed by atoms with Gasteiger partial charge in [0.05, 0.1) is 0 Å². The Bertz CT molecular complexity index is 765. The van der Waals surface area contributed by atoms with Crippen LogP contribution in [0.25, 0.3) is 5.82 Å². The van der Waals surface area contributed by atoms with E-state index in [1.54, 1.807) is 0 Å². The number of nitrogens with two attached hydrogens (primary N) is 1. The number of alkyl halides is 3. The Morgan fingerprint density at radius 3 is 2.35 bits per heavy atom. The standard InChI is InChI=1S/C9H5ClF3N5O2/c10-5-1-2-6(16-15-5)17-7(19)3-4(9(11,12)13)18(14)8(17)20/h1-3H,14H2. The number of halogens is 4. The predicted molar refractivity (Wildman–Crippen MR) is 62.1 cm³/mol. The van der Waals surface area contributed by atoms with Crippen molar-refractivity contribution in [2.45, 2.75) is 6.18 Å². The van der Waals surface area contributed by atoms with Gasteiger partial charge in [-0.15, -0.1) is 10.2 Å². The quantitative estimate of drug-likeness (QED) is 0.758. The highest BCUT2D eigenvalue weighted by Crippen LogP contribution is 2.26. The lowest BCUT2D eigenvalue weighted by atomic mass is 10.4. The van der Waals surface area contributed by atoms with E-state index in [2.05, 4.69) is 10.2 Å². The number of nitrogens with zero attached hydrogens (tertiary/aromatic N) is 4. The van der Waals surface area contributed by atoms with Gasteiger partial charge in [0.1, 0.15) is 0 Å². The molecule has 20 heavy (non-hydrogen) atoms. The monoisotopic (exact) mass is 307 g/mol. The normalized spacial score (nSPS) is 11.6. The van der Waals surface area contributed by atoms with Crippen molar-refractivity contribution in [2.75, 3.05) is 5.84 Å². The molecule has 0 aromatic carbocycles. The molecule has 2 rings (SSSR count). The van der Waals surface area contributed by atoms with Gasteiger partial charge in [-0.1, -0.05) is 11.6 Å². The highest BCUT2D eigenvalue weighted by Gasteiger charge is 2.35. The van der Waals surface area contributed by atoms with Crippen LogP contribution >= 0.6 is 11.6 Å². The minimum atomic E-state index is -4.93. The summed E-state index contributed by atoms with van der Waals surface area (Å²) in [6.45, 7) is 0. The molecule has 0 aliphatic rings. The SMILES string of the molecule is Nn1c(C(F)(F)F)cc(=O)n(-c2ccc(Cl)nn2)c1=O. The zero-order valence-electron chi connectivity index (χ0n) is 9.43. The molecule has 0 amide bonds. The summed E-state index contributed by atoms with van der Waals surface area (Å²) < 4.78 is 37.9. The third kappa shape index (κ3) is 2.37. The van der Waals surface area contributed by atoms with E-state index in [0.29, 0.717) is 4.57 Å². The van der Waals surface area contributed by atoms with Crippen molar-refractivity contribution in [1.29, 1.82) is 0 Å². The summed E-state index contributed by atoms with van der Waals surface area (Å²) in [6.07, 6.45) is -4.93. The van der Waals surface area contributed by atoms with Crippen LogP contribution in [0.15, 0.2) is 27.8 Å². The first-order valence-corrected chi connectivity index (χ1v) is 5.30. The molecule has 0 saturated heterocycles. The van der Waals surface area contributed by atoms with Crippen molar-refractivity contribution in [3.8, 4) is 5.82 Å². The number of hydrogen-bond acceptors (Lipinski definition) is 5. The molecular formula is C9H5ClF3N5O2.